The van der Waals surface area contributed by atoms with Gasteiger partial charge in [0.2, 0.25) is 5.91 Å². The Morgan fingerprint density at radius 2 is 2.19 bits per heavy atom. The number of aryl methyl sites for hydroxylation is 1. The highest BCUT2D eigenvalue weighted by Crippen LogP contribution is 2.41. The van der Waals surface area contributed by atoms with Crippen molar-refractivity contribution in [3.8, 4) is 11.1 Å². The molecule has 0 bridgehead atoms. The van der Waals surface area contributed by atoms with Crippen LogP contribution in [0.4, 0.5) is 5.82 Å². The quantitative estimate of drug-likeness (QED) is 0.550. The number of hydrogen-bond acceptors (Lipinski definition) is 3. The summed E-state index contributed by atoms with van der Waals surface area (Å²) in [5.74, 6) is 1.37. The number of carbonyl (C=O) groups is 1. The molecule has 4 aromatic heterocycles. The summed E-state index contributed by atoms with van der Waals surface area (Å²) < 4.78 is 3.40. The van der Waals surface area contributed by atoms with Gasteiger partial charge >= 0.3 is 0 Å². The first-order valence-corrected chi connectivity index (χ1v) is 9.56. The number of anilines is 1. The van der Waals surface area contributed by atoms with Crippen molar-refractivity contribution in [1.82, 2.24) is 19.6 Å². The maximum absolute atomic E-state index is 12.5. The number of aromatic nitrogens is 4. The summed E-state index contributed by atoms with van der Waals surface area (Å²) in [7, 11) is 2.51. The summed E-state index contributed by atoms with van der Waals surface area (Å²) >= 11 is 0. The Kier molecular flexibility index (Phi) is 3.59. The predicted octanol–water partition coefficient (Wildman–Crippen LogP) is 3.97. The van der Waals surface area contributed by atoms with E-state index in [1.807, 2.05) is 36.8 Å². The molecular weight excluding hydrogens is 357 g/mol. The van der Waals surface area contributed by atoms with E-state index in [1.165, 1.54) is 5.56 Å². The minimum Gasteiger partial charge on any atom is -0.346 e. The van der Waals surface area contributed by atoms with Crippen molar-refractivity contribution in [3.05, 3.63) is 48.4 Å². The van der Waals surface area contributed by atoms with Gasteiger partial charge in [-0.25, -0.2) is 9.50 Å². The van der Waals surface area contributed by atoms with E-state index in [9.17, 15) is 4.79 Å². The number of nitrogens with zero attached hydrogens (tertiary/aromatic N) is 4. The molecular formula is C20H20N5OP. The Morgan fingerprint density at radius 3 is 2.96 bits per heavy atom. The summed E-state index contributed by atoms with van der Waals surface area (Å²) in [6, 6.07) is 8.11. The van der Waals surface area contributed by atoms with E-state index in [4.69, 9.17) is 0 Å². The van der Waals surface area contributed by atoms with Gasteiger partial charge in [-0.15, -0.1) is 5.10 Å². The lowest BCUT2D eigenvalue weighted by Gasteiger charge is -2.12. The molecule has 0 aromatic carbocycles. The van der Waals surface area contributed by atoms with E-state index in [0.29, 0.717) is 11.7 Å². The molecule has 1 unspecified atom stereocenters. The van der Waals surface area contributed by atoms with Crippen LogP contribution in [0.5, 0.6) is 0 Å². The van der Waals surface area contributed by atoms with Gasteiger partial charge in [-0.2, -0.15) is 0 Å². The standard InChI is InChI=1S/C20H20N5OP/c1-11-7-16(11)20(26)25(27)18-9-14-8-13(4-6-24(14)23-18)17-10-22-19-15(12(17)2)3-5-21-19/h3-6,8-11,16H,7,27H2,1-2H3,(H,21,22)/t11-,16-/m1/s1. The highest BCUT2D eigenvalue weighted by Gasteiger charge is 2.41. The van der Waals surface area contributed by atoms with Crippen LogP contribution in [0, 0.1) is 18.8 Å². The largest absolute Gasteiger partial charge is 0.346 e. The lowest BCUT2D eigenvalue weighted by atomic mass is 10.0. The van der Waals surface area contributed by atoms with Gasteiger partial charge in [0, 0.05) is 41.5 Å². The molecule has 3 atom stereocenters. The first-order chi connectivity index (χ1) is 13.0. The smallest absolute Gasteiger partial charge is 0.234 e. The van der Waals surface area contributed by atoms with Crippen molar-refractivity contribution in [2.24, 2.45) is 11.8 Å². The summed E-state index contributed by atoms with van der Waals surface area (Å²) in [4.78, 5) is 20.1. The Morgan fingerprint density at radius 1 is 1.37 bits per heavy atom. The maximum Gasteiger partial charge on any atom is 0.234 e. The number of amides is 1. The summed E-state index contributed by atoms with van der Waals surface area (Å²) in [6.45, 7) is 4.22. The lowest BCUT2D eigenvalue weighted by molar-refractivity contribution is -0.118. The van der Waals surface area contributed by atoms with Crippen molar-refractivity contribution in [3.63, 3.8) is 0 Å². The maximum atomic E-state index is 12.5. The molecule has 1 saturated carbocycles. The van der Waals surface area contributed by atoms with Crippen LogP contribution in [0.15, 0.2) is 42.9 Å². The summed E-state index contributed by atoms with van der Waals surface area (Å²) in [5, 5.41) is 5.67. The number of carbonyl (C=O) groups excluding carboxylic acids is 1. The van der Waals surface area contributed by atoms with Crippen LogP contribution in [0.3, 0.4) is 0 Å². The molecule has 5 rings (SSSR count). The van der Waals surface area contributed by atoms with Gasteiger partial charge in [-0.3, -0.25) is 9.46 Å². The molecule has 7 heteroatoms. The Bertz CT molecular complexity index is 1190. The van der Waals surface area contributed by atoms with E-state index in [-0.39, 0.29) is 11.8 Å². The predicted molar refractivity (Wildman–Crippen MR) is 109 cm³/mol. The fraction of sp³-hybridized carbons (Fsp3) is 0.250. The number of hydrogen-bond donors (Lipinski definition) is 1. The number of rotatable bonds is 3. The molecule has 1 fully saturated rings. The number of H-pyrrole nitrogens is 1. The molecule has 0 radical (unpaired) electrons. The van der Waals surface area contributed by atoms with Gasteiger partial charge in [-0.1, -0.05) is 6.92 Å². The molecule has 0 aliphatic heterocycles. The van der Waals surface area contributed by atoms with Gasteiger partial charge in [0.15, 0.2) is 5.82 Å². The third kappa shape index (κ3) is 2.63. The zero-order valence-corrected chi connectivity index (χ0v) is 16.3. The van der Waals surface area contributed by atoms with E-state index in [2.05, 4.69) is 44.4 Å². The van der Waals surface area contributed by atoms with E-state index in [1.54, 1.807) is 9.19 Å². The molecule has 136 valence electrons. The third-order valence-electron chi connectivity index (χ3n) is 5.53. The molecule has 0 spiro atoms. The first-order valence-electron chi connectivity index (χ1n) is 9.04. The molecule has 4 aromatic rings. The van der Waals surface area contributed by atoms with E-state index >= 15 is 0 Å². The summed E-state index contributed by atoms with van der Waals surface area (Å²) in [6.07, 6.45) is 6.70. The second kappa shape index (κ2) is 5.89. The number of fused-ring (bicyclic) bond motifs is 2. The van der Waals surface area contributed by atoms with Crippen LogP contribution in [0.25, 0.3) is 27.7 Å². The van der Waals surface area contributed by atoms with E-state index < -0.39 is 0 Å². The lowest BCUT2D eigenvalue weighted by Crippen LogP contribution is -2.22. The van der Waals surface area contributed by atoms with Crippen molar-refractivity contribution >= 4 is 37.7 Å². The Hall–Kier alpha value is -2.72. The Labute approximate surface area is 158 Å². The average Bonchev–Trinajstić information content (AvgIpc) is 3.08. The number of nitrogens with one attached hydrogen (secondary N) is 1. The molecule has 6 nitrogen and oxygen atoms in total. The molecule has 1 N–H and O–H groups in total. The molecule has 4 heterocycles. The van der Waals surface area contributed by atoms with Crippen molar-refractivity contribution < 1.29 is 4.79 Å². The van der Waals surface area contributed by atoms with Crippen molar-refractivity contribution in [2.75, 3.05) is 4.67 Å². The summed E-state index contributed by atoms with van der Waals surface area (Å²) in [5.41, 5.74) is 5.21. The second-order valence-corrected chi connectivity index (χ2v) is 7.87. The molecule has 1 amide bonds. The van der Waals surface area contributed by atoms with Crippen LogP contribution in [-0.2, 0) is 4.79 Å². The van der Waals surface area contributed by atoms with Crippen LogP contribution >= 0.6 is 9.39 Å². The van der Waals surface area contributed by atoms with Gasteiger partial charge in [0.1, 0.15) is 5.65 Å². The first kappa shape index (κ1) is 16.5. The number of pyridine rings is 2. The minimum atomic E-state index is 0.120. The highest BCUT2D eigenvalue weighted by molar-refractivity contribution is 7.21. The van der Waals surface area contributed by atoms with Gasteiger partial charge in [0.25, 0.3) is 0 Å². The normalized spacial score (nSPS) is 18.9. The fourth-order valence-electron chi connectivity index (χ4n) is 3.66. The van der Waals surface area contributed by atoms with Crippen LogP contribution in [-0.4, -0.2) is 25.5 Å². The topological polar surface area (TPSA) is 66.3 Å². The molecule has 0 saturated heterocycles. The van der Waals surface area contributed by atoms with Crippen LogP contribution in [0.2, 0.25) is 0 Å². The SMILES string of the molecule is Cc1c(-c2ccn3nc(N(P)C(=O)[C@@H]4C[C@H]4C)cc3c2)cnc2[nH]ccc12. The molecule has 1 aliphatic rings. The zero-order chi connectivity index (χ0) is 18.7. The molecule has 1 aliphatic carbocycles. The van der Waals surface area contributed by atoms with Gasteiger partial charge in [-0.05, 0) is 58.0 Å². The highest BCUT2D eigenvalue weighted by atomic mass is 31.0. The average molecular weight is 377 g/mol. The minimum absolute atomic E-state index is 0.120. The van der Waals surface area contributed by atoms with Crippen LogP contribution < -0.4 is 4.67 Å². The van der Waals surface area contributed by atoms with Crippen molar-refractivity contribution in [2.45, 2.75) is 20.3 Å². The second-order valence-electron chi connectivity index (χ2n) is 7.35. The van der Waals surface area contributed by atoms with Gasteiger partial charge < -0.3 is 4.98 Å². The Balaban J connectivity index is 1.53. The number of aromatic amines is 1. The van der Waals surface area contributed by atoms with Crippen molar-refractivity contribution in [1.29, 1.82) is 0 Å². The van der Waals surface area contributed by atoms with E-state index in [0.717, 1.165) is 34.1 Å². The van der Waals surface area contributed by atoms with Gasteiger partial charge in [0.05, 0.1) is 5.52 Å². The molecule has 27 heavy (non-hydrogen) atoms. The zero-order valence-electron chi connectivity index (χ0n) is 15.2. The fourth-order valence-corrected chi connectivity index (χ4v) is 3.97. The van der Waals surface area contributed by atoms with Crippen LogP contribution in [0.1, 0.15) is 18.9 Å². The monoisotopic (exact) mass is 377 g/mol. The third-order valence-corrected chi connectivity index (χ3v) is 6.05.